The number of imide groups is 1. The minimum atomic E-state index is -0.230. The first-order valence-electron chi connectivity index (χ1n) is 7.63. The molecule has 0 spiro atoms. The molecule has 0 radical (unpaired) electrons. The first-order chi connectivity index (χ1) is 11.2. The van der Waals surface area contributed by atoms with Gasteiger partial charge in [0.05, 0.1) is 17.7 Å². The molecule has 0 aliphatic carbocycles. The monoisotopic (exact) mass is 306 g/mol. The average molecular weight is 306 g/mol. The van der Waals surface area contributed by atoms with Crippen molar-refractivity contribution >= 4 is 22.8 Å². The summed E-state index contributed by atoms with van der Waals surface area (Å²) in [5.41, 5.74) is 3.06. The van der Waals surface area contributed by atoms with Crippen molar-refractivity contribution in [2.75, 3.05) is 0 Å². The molecule has 2 heterocycles. The van der Waals surface area contributed by atoms with Crippen LogP contribution in [0.1, 0.15) is 27.6 Å². The fourth-order valence-electron chi connectivity index (χ4n) is 3.13. The number of carbonyl (C=O) groups is 2. The normalized spacial score (nSPS) is 13.9. The van der Waals surface area contributed by atoms with Crippen molar-refractivity contribution < 1.29 is 14.2 Å². The van der Waals surface area contributed by atoms with Crippen molar-refractivity contribution in [3.63, 3.8) is 0 Å². The second-order valence-electron chi connectivity index (χ2n) is 5.59. The van der Waals surface area contributed by atoms with E-state index in [0.29, 0.717) is 11.1 Å². The van der Waals surface area contributed by atoms with Crippen molar-refractivity contribution in [3.05, 3.63) is 66.0 Å². The number of hydrogen-bond acceptors (Lipinski definition) is 2. The van der Waals surface area contributed by atoms with Crippen LogP contribution in [0.2, 0.25) is 0 Å². The van der Waals surface area contributed by atoms with Gasteiger partial charge in [0.1, 0.15) is 0 Å². The molecule has 0 atom stereocenters. The third-order valence-electron chi connectivity index (χ3n) is 4.29. The predicted octanol–water partition coefficient (Wildman–Crippen LogP) is 2.20. The molecule has 5 nitrogen and oxygen atoms in total. The van der Waals surface area contributed by atoms with Crippen LogP contribution in [0.15, 0.2) is 54.9 Å². The van der Waals surface area contributed by atoms with Gasteiger partial charge in [-0.15, -0.1) is 0 Å². The van der Waals surface area contributed by atoms with Gasteiger partial charge < -0.3 is 0 Å². The molecular formula is C18H16N3O2+. The van der Waals surface area contributed by atoms with Gasteiger partial charge in [-0.05, 0) is 31.2 Å². The topological polar surface area (TPSA) is 46.2 Å². The molecule has 0 unspecified atom stereocenters. The average Bonchev–Trinajstić information content (AvgIpc) is 3.07. The molecule has 114 valence electrons. The quantitative estimate of drug-likeness (QED) is 0.550. The number of hydrogen-bond donors (Lipinski definition) is 0. The summed E-state index contributed by atoms with van der Waals surface area (Å²) in [6, 6.07) is 15.0. The summed E-state index contributed by atoms with van der Waals surface area (Å²) in [6.07, 6.45) is 1.95. The number of nitrogens with zero attached hydrogens (tertiary/aromatic N) is 3. The molecule has 2 amide bonds. The fourth-order valence-corrected chi connectivity index (χ4v) is 3.13. The number of benzene rings is 2. The minimum absolute atomic E-state index is 0.222. The third kappa shape index (κ3) is 1.97. The number of imidazole rings is 1. The van der Waals surface area contributed by atoms with Gasteiger partial charge >= 0.3 is 0 Å². The number of carbonyl (C=O) groups excluding carboxylic acids is 2. The fraction of sp³-hybridized carbons (Fsp3) is 0.167. The lowest BCUT2D eigenvalue weighted by Crippen LogP contribution is -2.45. The van der Waals surface area contributed by atoms with Crippen LogP contribution in [0.3, 0.4) is 0 Å². The van der Waals surface area contributed by atoms with E-state index < -0.39 is 0 Å². The van der Waals surface area contributed by atoms with Gasteiger partial charge in [-0.25, -0.2) is 14.0 Å². The Balaban J connectivity index is 1.75. The number of para-hydroxylation sites is 2. The molecule has 4 rings (SSSR count). The van der Waals surface area contributed by atoms with Crippen LogP contribution in [0.25, 0.3) is 11.0 Å². The summed E-state index contributed by atoms with van der Waals surface area (Å²) in [5.74, 6) is -0.460. The van der Waals surface area contributed by atoms with E-state index in [1.165, 1.54) is 4.90 Å². The maximum atomic E-state index is 12.5. The summed E-state index contributed by atoms with van der Waals surface area (Å²) in [5, 5.41) is 0. The Bertz CT molecular complexity index is 907. The van der Waals surface area contributed by atoms with Crippen LogP contribution in [0.4, 0.5) is 0 Å². The molecular weight excluding hydrogens is 290 g/mol. The highest BCUT2D eigenvalue weighted by Gasteiger charge is 2.36. The van der Waals surface area contributed by atoms with E-state index in [1.54, 1.807) is 24.3 Å². The van der Waals surface area contributed by atoms with Gasteiger partial charge in [0.2, 0.25) is 6.33 Å². The van der Waals surface area contributed by atoms with Gasteiger partial charge in [0, 0.05) is 0 Å². The number of aryl methyl sites for hydroxylation is 1. The van der Waals surface area contributed by atoms with Crippen LogP contribution in [0, 0.1) is 0 Å². The number of fused-ring (bicyclic) bond motifs is 2. The highest BCUT2D eigenvalue weighted by atomic mass is 16.2. The molecule has 0 N–H and O–H groups in total. The second-order valence-corrected chi connectivity index (χ2v) is 5.59. The lowest BCUT2D eigenvalue weighted by molar-refractivity contribution is -0.685. The van der Waals surface area contributed by atoms with Crippen molar-refractivity contribution in [3.8, 4) is 0 Å². The lowest BCUT2D eigenvalue weighted by atomic mass is 10.1. The van der Waals surface area contributed by atoms with Crippen molar-refractivity contribution in [1.82, 2.24) is 9.47 Å². The van der Waals surface area contributed by atoms with Crippen molar-refractivity contribution in [1.29, 1.82) is 0 Å². The van der Waals surface area contributed by atoms with Gasteiger partial charge in [0.15, 0.2) is 17.7 Å². The molecule has 23 heavy (non-hydrogen) atoms. The van der Waals surface area contributed by atoms with E-state index in [4.69, 9.17) is 0 Å². The van der Waals surface area contributed by atoms with E-state index in [2.05, 4.69) is 11.5 Å². The lowest BCUT2D eigenvalue weighted by Gasteiger charge is -2.11. The predicted molar refractivity (Wildman–Crippen MR) is 84.7 cm³/mol. The van der Waals surface area contributed by atoms with Crippen LogP contribution >= 0.6 is 0 Å². The Morgan fingerprint density at radius 2 is 1.52 bits per heavy atom. The van der Waals surface area contributed by atoms with Crippen LogP contribution in [-0.4, -0.2) is 21.3 Å². The zero-order valence-corrected chi connectivity index (χ0v) is 12.8. The molecule has 1 aliphatic rings. The Hall–Kier alpha value is -2.95. The molecule has 2 aromatic carbocycles. The van der Waals surface area contributed by atoms with Crippen LogP contribution in [-0.2, 0) is 13.2 Å². The van der Waals surface area contributed by atoms with E-state index in [0.717, 1.165) is 17.6 Å². The van der Waals surface area contributed by atoms with Gasteiger partial charge in [-0.3, -0.25) is 9.59 Å². The third-order valence-corrected chi connectivity index (χ3v) is 4.29. The SMILES string of the molecule is CCn1c[n+](CN2C(=O)c3ccccc3C2=O)c2ccccc21. The zero-order valence-electron chi connectivity index (χ0n) is 12.8. The number of rotatable bonds is 3. The number of amides is 2. The van der Waals surface area contributed by atoms with Crippen molar-refractivity contribution in [2.24, 2.45) is 0 Å². The van der Waals surface area contributed by atoms with E-state index >= 15 is 0 Å². The summed E-state index contributed by atoms with van der Waals surface area (Å²) in [7, 11) is 0. The molecule has 1 aliphatic heterocycles. The molecule has 3 aromatic rings. The maximum Gasteiger partial charge on any atom is 0.264 e. The molecule has 0 saturated carbocycles. The van der Waals surface area contributed by atoms with Crippen molar-refractivity contribution in [2.45, 2.75) is 20.1 Å². The molecule has 1 aromatic heterocycles. The largest absolute Gasteiger partial charge is 0.268 e. The van der Waals surface area contributed by atoms with E-state index in [-0.39, 0.29) is 18.5 Å². The van der Waals surface area contributed by atoms with Crippen LogP contribution < -0.4 is 4.57 Å². The maximum absolute atomic E-state index is 12.5. The first kappa shape index (κ1) is 13.7. The summed E-state index contributed by atoms with van der Waals surface area (Å²) in [6.45, 7) is 3.12. The van der Waals surface area contributed by atoms with Gasteiger partial charge in [-0.1, -0.05) is 24.3 Å². The van der Waals surface area contributed by atoms with Gasteiger partial charge in [0.25, 0.3) is 11.8 Å². The summed E-state index contributed by atoms with van der Waals surface area (Å²) < 4.78 is 4.05. The Morgan fingerprint density at radius 3 is 2.17 bits per heavy atom. The van der Waals surface area contributed by atoms with E-state index in [1.807, 2.05) is 35.2 Å². The van der Waals surface area contributed by atoms with Crippen LogP contribution in [0.5, 0.6) is 0 Å². The van der Waals surface area contributed by atoms with E-state index in [9.17, 15) is 9.59 Å². The first-order valence-corrected chi connectivity index (χ1v) is 7.63. The number of aromatic nitrogens is 2. The Kier molecular flexibility index (Phi) is 3.01. The molecule has 0 fully saturated rings. The Morgan fingerprint density at radius 1 is 0.913 bits per heavy atom. The Labute approximate surface area is 133 Å². The second kappa shape index (κ2) is 5.05. The highest BCUT2D eigenvalue weighted by Crippen LogP contribution is 2.22. The summed E-state index contributed by atoms with van der Waals surface area (Å²) >= 11 is 0. The zero-order chi connectivity index (χ0) is 16.0. The van der Waals surface area contributed by atoms with Gasteiger partial charge in [-0.2, -0.15) is 0 Å². The molecule has 0 saturated heterocycles. The minimum Gasteiger partial charge on any atom is -0.268 e. The standard InChI is InChI=1S/C18H16N3O2/c1-2-19-11-20(16-10-6-5-9-15(16)19)12-21-17(22)13-7-3-4-8-14(13)18(21)23/h3-11H,2,12H2,1H3/q+1. The highest BCUT2D eigenvalue weighted by molar-refractivity contribution is 6.21. The molecule has 5 heteroatoms. The smallest absolute Gasteiger partial charge is 0.264 e. The summed E-state index contributed by atoms with van der Waals surface area (Å²) in [4.78, 5) is 26.3. The molecule has 0 bridgehead atoms.